The lowest BCUT2D eigenvalue weighted by atomic mass is 10.0. The number of nitrogen functional groups attached to an aromatic ring is 1. The molecule has 0 aliphatic carbocycles. The lowest BCUT2D eigenvalue weighted by Gasteiger charge is -2.26. The highest BCUT2D eigenvalue weighted by molar-refractivity contribution is 7.48. The van der Waals surface area contributed by atoms with Gasteiger partial charge in [-0.15, -0.1) is 0 Å². The molecule has 5 aromatic rings. The van der Waals surface area contributed by atoms with Crippen molar-refractivity contribution in [3.05, 3.63) is 104 Å². The zero-order chi connectivity index (χ0) is 70.0. The van der Waals surface area contributed by atoms with Gasteiger partial charge in [0.05, 0.1) is 57.5 Å². The molecule has 3 aliphatic heterocycles. The van der Waals surface area contributed by atoms with Crippen LogP contribution in [0, 0.1) is 0 Å². The maximum atomic E-state index is 14.2. The normalized spacial score (nSPS) is 24.1. The van der Waals surface area contributed by atoms with Crippen LogP contribution in [0.2, 0.25) is 0 Å². The van der Waals surface area contributed by atoms with Crippen LogP contribution in [-0.2, 0) is 71.1 Å². The monoisotopic (exact) mass is 1430 g/mol. The number of aliphatic hydroxyl groups is 1. The summed E-state index contributed by atoms with van der Waals surface area (Å²) in [7, 11) is -7.03. The molecule has 0 bridgehead atoms. The molecule has 8 rings (SSSR count). The summed E-state index contributed by atoms with van der Waals surface area (Å²) in [5.74, 6) is -0.436. The molecule has 0 saturated carbocycles. The van der Waals surface area contributed by atoms with Gasteiger partial charge in [0, 0.05) is 52.0 Å². The number of anilines is 2. The molecular formula is C57H86N15O22P3. The van der Waals surface area contributed by atoms with Gasteiger partial charge in [-0.25, -0.2) is 38.2 Å². The van der Waals surface area contributed by atoms with Crippen LogP contribution < -0.4 is 59.3 Å². The van der Waals surface area contributed by atoms with E-state index >= 15 is 0 Å². The second kappa shape index (κ2) is 35.5. The predicted octanol–water partition coefficient (Wildman–Crippen LogP) is 1.01. The number of unbranched alkanes of at least 4 members (excludes halogenated alkanes) is 6. The molecule has 3 aliphatic rings. The zero-order valence-corrected chi connectivity index (χ0v) is 56.8. The fourth-order valence-corrected chi connectivity index (χ4v) is 13.6. The van der Waals surface area contributed by atoms with Crippen LogP contribution in [0.15, 0.2) is 75.8 Å². The first-order valence-electron chi connectivity index (χ1n) is 31.3. The Hall–Kier alpha value is -6.54. The van der Waals surface area contributed by atoms with Crippen molar-refractivity contribution in [2.24, 2.45) is 5.73 Å². The fourth-order valence-electron chi connectivity index (χ4n) is 10.9. The van der Waals surface area contributed by atoms with Crippen molar-refractivity contribution in [3.63, 3.8) is 0 Å². The minimum atomic E-state index is -5.44. The fraction of sp³-hybridized carbons (Fsp3) is 0.596. The van der Waals surface area contributed by atoms with Crippen LogP contribution in [0.5, 0.6) is 5.75 Å². The molecule has 13 N–H and O–H groups in total. The third-order valence-electron chi connectivity index (χ3n) is 15.9. The Balaban J connectivity index is 0.986. The summed E-state index contributed by atoms with van der Waals surface area (Å²) in [6.45, 7) is -0.865. The third kappa shape index (κ3) is 21.7. The van der Waals surface area contributed by atoms with Crippen molar-refractivity contribution in [2.45, 2.75) is 138 Å². The molecule has 0 spiro atoms. The number of nitrogens with zero attached hydrogens (tertiary/aromatic N) is 8. The summed E-state index contributed by atoms with van der Waals surface area (Å²) in [4.78, 5) is 120. The highest BCUT2D eigenvalue weighted by Crippen LogP contribution is 2.53. The number of hydrogen-bond donors (Lipinski definition) is 11. The second-order valence-corrected chi connectivity index (χ2v) is 27.5. The van der Waals surface area contributed by atoms with Gasteiger partial charge < -0.3 is 76.4 Å². The summed E-state index contributed by atoms with van der Waals surface area (Å²) < 4.78 is 101. The molecule has 14 atom stereocenters. The highest BCUT2D eigenvalue weighted by atomic mass is 31.2. The number of carbonyl (C=O) groups is 2. The number of phosphoric ester groups is 3. The molecule has 37 nitrogen and oxygen atoms in total. The number of ether oxygens (including phenoxy) is 4. The summed E-state index contributed by atoms with van der Waals surface area (Å²) in [5.41, 5.74) is 10.3. The standard InChI is InChI=1S/C57H86N15O22P3/c1-60-21-10-6-7-12-23-62-45(73)19-16-36-29-71(57(78)68-53(36)75)47-28-40(41(91-47)30-87-95(79,80)86-25-13-9-8-11-22-61-2)94-96(81,82)88-31-42-39(27-46(90-42)70-24-20-44(59)66-56(70)77)93-97(83,84)89-32-43-48(67-54(76)38(58)26-35-14-17-37(85-5)18-15-35)50(74)55(92-43)72-34-65-49-51(69(3)4)63-33-64-52(49)72/h14-20,24,29,33-34,38-43,46-48,50,55,60-61,74H,6-13,21-23,25-28,30-32,58H2,1-5H3,(H,62,73)(H,67,76)(H,79,80)(H,81,82)(H,83,84)(H2,59,66,77)(H,68,75,78). The van der Waals surface area contributed by atoms with E-state index in [-0.39, 0.29) is 30.1 Å². The van der Waals surface area contributed by atoms with E-state index in [4.69, 9.17) is 57.6 Å². The Morgan fingerprint density at radius 1 is 0.773 bits per heavy atom. The molecule has 40 heteroatoms. The minimum absolute atomic E-state index is 0.0436. The van der Waals surface area contributed by atoms with E-state index in [2.05, 4.69) is 46.2 Å². The maximum Gasteiger partial charge on any atom is 0.472 e. The van der Waals surface area contributed by atoms with Crippen LogP contribution in [0.3, 0.4) is 0 Å². The van der Waals surface area contributed by atoms with Gasteiger partial charge in [0.15, 0.2) is 23.2 Å². The average molecular weight is 1430 g/mol. The lowest BCUT2D eigenvalue weighted by Crippen LogP contribution is -2.53. The summed E-state index contributed by atoms with van der Waals surface area (Å²) >= 11 is 0. The molecule has 7 heterocycles. The molecule has 2 amide bonds. The number of aromatic nitrogens is 8. The Kier molecular flexibility index (Phi) is 27.9. The number of carbonyl (C=O) groups excluding carboxylic acids is 2. The SMILES string of the molecule is CNCCCCCCNC(=O)C=Cc1cn(C2CC(OP(=O)(O)OCC3OC(n4ccc(N)nc4=O)CC3OP(=O)(O)OCC3OC(n4cnc5c(N(C)C)ncnc54)C(O)C3NC(=O)C(N)Cc3ccc(OC)cc3)C(COP(=O)(O)OCCCCCCNC)O2)c(=O)[nH]c1=O. The van der Waals surface area contributed by atoms with Crippen molar-refractivity contribution in [1.29, 1.82) is 0 Å². The summed E-state index contributed by atoms with van der Waals surface area (Å²) in [6.07, 6.45) is -1.18. The first kappa shape index (κ1) is 76.2. The summed E-state index contributed by atoms with van der Waals surface area (Å²) in [5, 5.41) is 23.5. The van der Waals surface area contributed by atoms with Crippen molar-refractivity contribution in [2.75, 3.05) is 92.0 Å². The van der Waals surface area contributed by atoms with Gasteiger partial charge in [0.1, 0.15) is 67.0 Å². The third-order valence-corrected chi connectivity index (χ3v) is 18.9. The Morgan fingerprint density at radius 2 is 1.37 bits per heavy atom. The Bertz CT molecular complexity index is 3790. The van der Waals surface area contributed by atoms with Gasteiger partial charge in [0.25, 0.3) is 5.56 Å². The van der Waals surface area contributed by atoms with Gasteiger partial charge in [-0.1, -0.05) is 37.8 Å². The van der Waals surface area contributed by atoms with E-state index in [9.17, 15) is 57.5 Å². The topological polar surface area (TPSA) is 495 Å². The molecule has 3 fully saturated rings. The van der Waals surface area contributed by atoms with Crippen LogP contribution in [0.25, 0.3) is 17.2 Å². The average Bonchev–Trinajstić information content (AvgIpc) is 1.64. The number of benzene rings is 1. The number of nitrogens with two attached hydrogens (primary N) is 2. The van der Waals surface area contributed by atoms with Crippen LogP contribution in [0.4, 0.5) is 11.6 Å². The predicted molar refractivity (Wildman–Crippen MR) is 347 cm³/mol. The van der Waals surface area contributed by atoms with E-state index in [0.29, 0.717) is 48.5 Å². The number of imidazole rings is 1. The first-order valence-corrected chi connectivity index (χ1v) is 35.8. The van der Waals surface area contributed by atoms with E-state index in [1.54, 1.807) is 43.3 Å². The van der Waals surface area contributed by atoms with Crippen LogP contribution >= 0.6 is 23.5 Å². The molecule has 536 valence electrons. The van der Waals surface area contributed by atoms with Crippen molar-refractivity contribution in [1.82, 2.24) is 59.9 Å². The number of hydrogen-bond acceptors (Lipinski definition) is 28. The van der Waals surface area contributed by atoms with E-state index in [0.717, 1.165) is 66.6 Å². The number of nitrogens with one attached hydrogen (secondary N) is 5. The van der Waals surface area contributed by atoms with Crippen molar-refractivity contribution < 1.29 is 89.2 Å². The maximum absolute atomic E-state index is 14.2. The molecule has 1 aromatic carbocycles. The number of amides is 2. The lowest BCUT2D eigenvalue weighted by molar-refractivity contribution is -0.124. The second-order valence-electron chi connectivity index (χ2n) is 23.3. The molecular weight excluding hydrogens is 1340 g/mol. The smallest absolute Gasteiger partial charge is 0.472 e. The number of rotatable bonds is 39. The number of phosphoric acid groups is 3. The summed E-state index contributed by atoms with van der Waals surface area (Å²) in [6, 6.07) is 5.49. The number of aromatic amines is 1. The molecule has 14 unspecified atom stereocenters. The Labute approximate surface area is 556 Å². The molecule has 97 heavy (non-hydrogen) atoms. The number of fused-ring (bicyclic) bond motifs is 1. The molecule has 4 aromatic heterocycles. The van der Waals surface area contributed by atoms with Gasteiger partial charge in [-0.3, -0.25) is 60.2 Å². The van der Waals surface area contributed by atoms with E-state index in [1.165, 1.54) is 42.7 Å². The number of H-pyrrole nitrogens is 1. The number of methoxy groups -OCH3 is 1. The van der Waals surface area contributed by atoms with Crippen molar-refractivity contribution in [3.8, 4) is 5.75 Å². The zero-order valence-electron chi connectivity index (χ0n) is 54.1. The molecule has 0 radical (unpaired) electrons. The van der Waals surface area contributed by atoms with Crippen LogP contribution in [0.1, 0.15) is 94.0 Å². The molecule has 3 saturated heterocycles. The van der Waals surface area contributed by atoms with Crippen LogP contribution in [-0.4, -0.2) is 200 Å². The quantitative estimate of drug-likeness (QED) is 0.0149. The minimum Gasteiger partial charge on any atom is -0.497 e. The van der Waals surface area contributed by atoms with Gasteiger partial charge in [0.2, 0.25) is 11.8 Å². The largest absolute Gasteiger partial charge is 0.497 e. The van der Waals surface area contributed by atoms with E-state index in [1.807, 2.05) is 14.1 Å². The van der Waals surface area contributed by atoms with Gasteiger partial charge >= 0.3 is 34.8 Å². The van der Waals surface area contributed by atoms with E-state index < -0.39 is 152 Å². The first-order chi connectivity index (χ1) is 46.3. The van der Waals surface area contributed by atoms with Gasteiger partial charge in [-0.2, -0.15) is 4.98 Å². The number of aliphatic hydroxyl groups excluding tert-OH is 1. The Morgan fingerprint density at radius 3 is 1.98 bits per heavy atom. The highest BCUT2D eigenvalue weighted by Gasteiger charge is 2.50. The van der Waals surface area contributed by atoms with Crippen molar-refractivity contribution >= 4 is 64.2 Å². The van der Waals surface area contributed by atoms with Gasteiger partial charge in [-0.05, 0) is 89.1 Å².